The molecule has 4 rings (SSSR count). The van der Waals surface area contributed by atoms with Gasteiger partial charge in [-0.25, -0.2) is 4.98 Å². The third-order valence-corrected chi connectivity index (χ3v) is 5.78. The van der Waals surface area contributed by atoms with Gasteiger partial charge in [0.1, 0.15) is 11.1 Å². The van der Waals surface area contributed by atoms with E-state index in [0.29, 0.717) is 32.5 Å². The van der Waals surface area contributed by atoms with Crippen molar-refractivity contribution in [3.05, 3.63) is 82.4 Å². The predicted molar refractivity (Wildman–Crippen MR) is 112 cm³/mol. The van der Waals surface area contributed by atoms with Crippen LogP contribution in [0.3, 0.4) is 0 Å². The van der Waals surface area contributed by atoms with Crippen molar-refractivity contribution in [2.45, 2.75) is 5.03 Å². The number of aromatic nitrogens is 1. The van der Waals surface area contributed by atoms with Crippen LogP contribution in [0.25, 0.3) is 11.3 Å². The molecule has 1 aromatic heterocycles. The number of halogens is 1. The zero-order valence-corrected chi connectivity index (χ0v) is 16.7. The molecule has 0 radical (unpaired) electrons. The van der Waals surface area contributed by atoms with E-state index in [1.807, 2.05) is 12.1 Å². The summed E-state index contributed by atoms with van der Waals surface area (Å²) in [5, 5.41) is 10.6. The first-order chi connectivity index (χ1) is 14.1. The lowest BCUT2D eigenvalue weighted by Crippen LogP contribution is -2.31. The lowest BCUT2D eigenvalue weighted by atomic mass is 10.1. The van der Waals surface area contributed by atoms with Crippen molar-refractivity contribution >= 4 is 35.2 Å². The molecule has 2 heterocycles. The zero-order valence-electron chi connectivity index (χ0n) is 15.1. The van der Waals surface area contributed by atoms with E-state index in [1.54, 1.807) is 48.5 Å². The largest absolute Gasteiger partial charge is 0.273 e. The molecule has 142 valence electrons. The quantitative estimate of drug-likeness (QED) is 0.444. The summed E-state index contributed by atoms with van der Waals surface area (Å²) >= 11 is 7.29. The van der Waals surface area contributed by atoms with Gasteiger partial charge in [-0.2, -0.15) is 5.26 Å². The van der Waals surface area contributed by atoms with Gasteiger partial charge in [0.25, 0.3) is 11.8 Å². The second-order valence-corrected chi connectivity index (χ2v) is 7.84. The van der Waals surface area contributed by atoms with Gasteiger partial charge in [-0.05, 0) is 36.4 Å². The molecule has 7 heteroatoms. The summed E-state index contributed by atoms with van der Waals surface area (Å²) in [7, 11) is 0. The van der Waals surface area contributed by atoms with Gasteiger partial charge < -0.3 is 0 Å². The molecule has 0 saturated heterocycles. The van der Waals surface area contributed by atoms with Crippen LogP contribution in [-0.4, -0.2) is 34.0 Å². The van der Waals surface area contributed by atoms with Crippen LogP contribution in [0.15, 0.2) is 65.7 Å². The molecule has 0 N–H and O–H groups in total. The summed E-state index contributed by atoms with van der Waals surface area (Å²) in [4.78, 5) is 30.7. The normalized spacial score (nSPS) is 12.8. The number of nitrogens with zero attached hydrogens (tertiary/aromatic N) is 3. The fourth-order valence-electron chi connectivity index (χ4n) is 3.09. The number of fused-ring (bicyclic) bond motifs is 1. The highest BCUT2D eigenvalue weighted by Crippen LogP contribution is 2.27. The number of pyridine rings is 1. The van der Waals surface area contributed by atoms with E-state index in [9.17, 15) is 14.9 Å². The summed E-state index contributed by atoms with van der Waals surface area (Å²) in [6.45, 7) is 0.245. The summed E-state index contributed by atoms with van der Waals surface area (Å²) in [6, 6.07) is 19.8. The van der Waals surface area contributed by atoms with Crippen LogP contribution < -0.4 is 0 Å². The Morgan fingerprint density at radius 3 is 2.24 bits per heavy atom. The third-order valence-electron chi connectivity index (χ3n) is 4.55. The van der Waals surface area contributed by atoms with Gasteiger partial charge >= 0.3 is 0 Å². The number of nitriles is 1. The van der Waals surface area contributed by atoms with Crippen molar-refractivity contribution in [1.29, 1.82) is 5.26 Å². The minimum atomic E-state index is -0.283. The van der Waals surface area contributed by atoms with Crippen molar-refractivity contribution in [1.82, 2.24) is 9.88 Å². The molecule has 0 saturated carbocycles. The number of thioether (sulfide) groups is 1. The molecule has 29 heavy (non-hydrogen) atoms. The first-order valence-corrected chi connectivity index (χ1v) is 10.2. The fraction of sp³-hybridized carbons (Fsp3) is 0.0909. The van der Waals surface area contributed by atoms with E-state index in [4.69, 9.17) is 11.6 Å². The van der Waals surface area contributed by atoms with Gasteiger partial charge in [0.05, 0.1) is 22.4 Å². The highest BCUT2D eigenvalue weighted by Gasteiger charge is 2.34. The first-order valence-electron chi connectivity index (χ1n) is 8.83. The summed E-state index contributed by atoms with van der Waals surface area (Å²) in [5.74, 6) is -0.124. The average molecular weight is 420 g/mol. The number of benzene rings is 2. The first kappa shape index (κ1) is 19.2. The molecule has 1 aliphatic heterocycles. The number of amides is 2. The molecule has 0 aliphatic carbocycles. The molecule has 0 atom stereocenters. The van der Waals surface area contributed by atoms with Crippen molar-refractivity contribution in [3.8, 4) is 17.3 Å². The standard InChI is InChI=1S/C22H14ClN3O2S/c23-16-8-5-14(6-9-16)19-10-7-15(13-24)20(25-19)29-12-11-26-21(27)17-3-1-2-4-18(17)22(26)28/h1-10H,11-12H2. The molecular weight excluding hydrogens is 406 g/mol. The van der Waals surface area contributed by atoms with Crippen LogP contribution in [0.4, 0.5) is 0 Å². The van der Waals surface area contributed by atoms with Gasteiger partial charge in [-0.1, -0.05) is 35.9 Å². The van der Waals surface area contributed by atoms with E-state index in [0.717, 1.165) is 11.3 Å². The lowest BCUT2D eigenvalue weighted by Gasteiger charge is -2.13. The molecule has 0 fully saturated rings. The molecule has 2 amide bonds. The Balaban J connectivity index is 1.49. The van der Waals surface area contributed by atoms with Gasteiger partial charge in [0.2, 0.25) is 0 Å². The predicted octanol–water partition coefficient (Wildman–Crippen LogP) is 4.66. The molecule has 0 bridgehead atoms. The molecule has 5 nitrogen and oxygen atoms in total. The van der Waals surface area contributed by atoms with Crippen LogP contribution in [0.2, 0.25) is 5.02 Å². The van der Waals surface area contributed by atoms with Crippen LogP contribution >= 0.6 is 23.4 Å². The number of carbonyl (C=O) groups excluding carboxylic acids is 2. The summed E-state index contributed by atoms with van der Waals surface area (Å²) in [6.07, 6.45) is 0. The summed E-state index contributed by atoms with van der Waals surface area (Å²) < 4.78 is 0. The Labute approximate surface area is 176 Å². The average Bonchev–Trinajstić information content (AvgIpc) is 2.99. The van der Waals surface area contributed by atoms with Crippen LogP contribution in [0.5, 0.6) is 0 Å². The zero-order chi connectivity index (χ0) is 20.4. The molecule has 3 aromatic rings. The van der Waals surface area contributed by atoms with Crippen LogP contribution in [0, 0.1) is 11.3 Å². The highest BCUT2D eigenvalue weighted by molar-refractivity contribution is 7.99. The van der Waals surface area contributed by atoms with E-state index >= 15 is 0 Å². The minimum Gasteiger partial charge on any atom is -0.273 e. The van der Waals surface area contributed by atoms with E-state index in [2.05, 4.69) is 11.1 Å². The molecule has 0 unspecified atom stereocenters. The number of hydrogen-bond donors (Lipinski definition) is 0. The van der Waals surface area contributed by atoms with Crippen LogP contribution in [0.1, 0.15) is 26.3 Å². The Morgan fingerprint density at radius 1 is 0.966 bits per heavy atom. The fourth-order valence-corrected chi connectivity index (χ4v) is 4.12. The van der Waals surface area contributed by atoms with Gasteiger partial charge in [-0.15, -0.1) is 11.8 Å². The maximum Gasteiger partial charge on any atom is 0.261 e. The third kappa shape index (κ3) is 3.75. The number of rotatable bonds is 5. The molecule has 2 aromatic carbocycles. The second kappa shape index (κ2) is 8.08. The van der Waals surface area contributed by atoms with E-state index in [-0.39, 0.29) is 18.4 Å². The number of carbonyl (C=O) groups is 2. The van der Waals surface area contributed by atoms with E-state index < -0.39 is 0 Å². The van der Waals surface area contributed by atoms with Gasteiger partial charge in [0.15, 0.2) is 0 Å². The highest BCUT2D eigenvalue weighted by atomic mass is 35.5. The Morgan fingerprint density at radius 2 is 1.62 bits per heavy atom. The molecule has 0 spiro atoms. The Kier molecular flexibility index (Phi) is 5.34. The lowest BCUT2D eigenvalue weighted by molar-refractivity contribution is 0.0664. The monoisotopic (exact) mass is 419 g/mol. The van der Waals surface area contributed by atoms with Crippen molar-refractivity contribution in [2.24, 2.45) is 0 Å². The summed E-state index contributed by atoms with van der Waals surface area (Å²) in [5.41, 5.74) is 2.94. The van der Waals surface area contributed by atoms with Crippen LogP contribution in [-0.2, 0) is 0 Å². The second-order valence-electron chi connectivity index (χ2n) is 6.32. The van der Waals surface area contributed by atoms with Gasteiger partial charge in [-0.3, -0.25) is 14.5 Å². The number of hydrogen-bond acceptors (Lipinski definition) is 5. The van der Waals surface area contributed by atoms with E-state index in [1.165, 1.54) is 16.7 Å². The minimum absolute atomic E-state index is 0.245. The Bertz CT molecular complexity index is 1120. The smallest absolute Gasteiger partial charge is 0.261 e. The number of imide groups is 1. The topological polar surface area (TPSA) is 74.1 Å². The van der Waals surface area contributed by atoms with Crippen molar-refractivity contribution in [3.63, 3.8) is 0 Å². The maximum absolute atomic E-state index is 12.5. The maximum atomic E-state index is 12.5. The SMILES string of the molecule is N#Cc1ccc(-c2ccc(Cl)cc2)nc1SCCN1C(=O)c2ccccc2C1=O. The Hall–Kier alpha value is -3.14. The van der Waals surface area contributed by atoms with Crippen molar-refractivity contribution in [2.75, 3.05) is 12.3 Å². The van der Waals surface area contributed by atoms with Gasteiger partial charge in [0, 0.05) is 22.9 Å². The molecule has 1 aliphatic rings. The van der Waals surface area contributed by atoms with Crippen molar-refractivity contribution < 1.29 is 9.59 Å². The molecular formula is C22H14ClN3O2S.